The summed E-state index contributed by atoms with van der Waals surface area (Å²) < 4.78 is 4.55. The number of ether oxygens (including phenoxy) is 1. The standard InChI is InChI=1S/C10H14O3/c11-9-7-5-3-1-2-4-6-8-10(12)13-9/h3,5H,1-2,4,6-8H2/b5-3-. The minimum atomic E-state index is -0.442. The highest BCUT2D eigenvalue weighted by Gasteiger charge is 2.08. The Morgan fingerprint density at radius 3 is 2.69 bits per heavy atom. The second-order valence-electron chi connectivity index (χ2n) is 3.12. The molecule has 0 N–H and O–H groups in total. The summed E-state index contributed by atoms with van der Waals surface area (Å²) in [6.45, 7) is 0. The normalized spacial score (nSPS) is 23.1. The number of carbonyl (C=O) groups is 2. The van der Waals surface area contributed by atoms with Gasteiger partial charge in [-0.3, -0.25) is 9.59 Å². The lowest BCUT2D eigenvalue weighted by atomic mass is 10.1. The molecule has 0 atom stereocenters. The van der Waals surface area contributed by atoms with Crippen molar-refractivity contribution in [3.63, 3.8) is 0 Å². The largest absolute Gasteiger partial charge is 0.393 e. The monoisotopic (exact) mass is 182 g/mol. The second kappa shape index (κ2) is 5.51. The van der Waals surface area contributed by atoms with E-state index in [0.29, 0.717) is 6.42 Å². The van der Waals surface area contributed by atoms with Gasteiger partial charge in [0.2, 0.25) is 0 Å². The second-order valence-corrected chi connectivity index (χ2v) is 3.12. The molecule has 0 aliphatic carbocycles. The van der Waals surface area contributed by atoms with Gasteiger partial charge in [0.1, 0.15) is 0 Å². The van der Waals surface area contributed by atoms with Gasteiger partial charge in [0.25, 0.3) is 0 Å². The lowest BCUT2D eigenvalue weighted by molar-refractivity contribution is -0.159. The van der Waals surface area contributed by atoms with Crippen LogP contribution in [-0.4, -0.2) is 11.9 Å². The van der Waals surface area contributed by atoms with Crippen molar-refractivity contribution in [2.24, 2.45) is 0 Å². The van der Waals surface area contributed by atoms with E-state index in [-0.39, 0.29) is 12.4 Å². The third kappa shape index (κ3) is 4.45. The van der Waals surface area contributed by atoms with Crippen molar-refractivity contribution in [1.82, 2.24) is 0 Å². The van der Waals surface area contributed by atoms with Gasteiger partial charge in [-0.05, 0) is 19.3 Å². The van der Waals surface area contributed by atoms with Gasteiger partial charge in [0, 0.05) is 6.42 Å². The molecule has 1 rings (SSSR count). The molecular weight excluding hydrogens is 168 g/mol. The lowest BCUT2D eigenvalue weighted by Crippen LogP contribution is -2.10. The van der Waals surface area contributed by atoms with Crippen LogP contribution in [0.1, 0.15) is 38.5 Å². The molecular formula is C10H14O3. The van der Waals surface area contributed by atoms with Gasteiger partial charge < -0.3 is 4.74 Å². The Labute approximate surface area is 77.8 Å². The Kier molecular flexibility index (Phi) is 4.23. The highest BCUT2D eigenvalue weighted by atomic mass is 16.6. The molecule has 72 valence electrons. The quantitative estimate of drug-likeness (QED) is 0.327. The van der Waals surface area contributed by atoms with Crippen molar-refractivity contribution in [3.8, 4) is 0 Å². The van der Waals surface area contributed by atoms with Crippen LogP contribution in [0.3, 0.4) is 0 Å². The Bertz CT molecular complexity index is 218. The fraction of sp³-hybridized carbons (Fsp3) is 0.600. The highest BCUT2D eigenvalue weighted by Crippen LogP contribution is 2.07. The summed E-state index contributed by atoms with van der Waals surface area (Å²) in [6.07, 6.45) is 8.22. The lowest BCUT2D eigenvalue weighted by Gasteiger charge is -1.99. The maximum Gasteiger partial charge on any atom is 0.317 e. The van der Waals surface area contributed by atoms with E-state index in [1.54, 1.807) is 6.08 Å². The maximum atomic E-state index is 11.0. The summed E-state index contributed by atoms with van der Waals surface area (Å²) >= 11 is 0. The Balaban J connectivity index is 2.43. The number of allylic oxidation sites excluding steroid dienone is 1. The highest BCUT2D eigenvalue weighted by molar-refractivity contribution is 5.86. The van der Waals surface area contributed by atoms with Crippen LogP contribution in [0.2, 0.25) is 0 Å². The van der Waals surface area contributed by atoms with Crippen molar-refractivity contribution in [3.05, 3.63) is 12.2 Å². The third-order valence-corrected chi connectivity index (χ3v) is 1.93. The number of rotatable bonds is 0. The van der Waals surface area contributed by atoms with Crippen LogP contribution in [0.5, 0.6) is 0 Å². The molecule has 1 aliphatic rings. The zero-order valence-corrected chi connectivity index (χ0v) is 7.62. The number of esters is 2. The van der Waals surface area contributed by atoms with E-state index in [4.69, 9.17) is 0 Å². The van der Waals surface area contributed by atoms with Crippen LogP contribution < -0.4 is 0 Å². The van der Waals surface area contributed by atoms with Crippen molar-refractivity contribution in [2.45, 2.75) is 38.5 Å². The SMILES string of the molecule is O=C1C/C=C\CCCCCC(=O)O1. The molecule has 3 heteroatoms. The Hall–Kier alpha value is -1.12. The molecule has 0 aromatic heterocycles. The Morgan fingerprint density at radius 1 is 1.00 bits per heavy atom. The Morgan fingerprint density at radius 2 is 1.85 bits per heavy atom. The number of hydrogen-bond donors (Lipinski definition) is 0. The van der Waals surface area contributed by atoms with Crippen LogP contribution in [0.4, 0.5) is 0 Å². The molecule has 0 saturated carbocycles. The third-order valence-electron chi connectivity index (χ3n) is 1.93. The zero-order chi connectivity index (χ0) is 9.52. The molecule has 0 bridgehead atoms. The van der Waals surface area contributed by atoms with Gasteiger partial charge >= 0.3 is 11.9 Å². The predicted molar refractivity (Wildman–Crippen MR) is 47.9 cm³/mol. The summed E-state index contributed by atoms with van der Waals surface area (Å²) in [4.78, 5) is 21.9. The summed E-state index contributed by atoms with van der Waals surface area (Å²) in [5.74, 6) is -0.830. The van der Waals surface area contributed by atoms with Gasteiger partial charge in [-0.2, -0.15) is 0 Å². The average Bonchev–Trinajstić information content (AvgIpc) is 2.11. The molecule has 1 aliphatic heterocycles. The number of hydrogen-bond acceptors (Lipinski definition) is 3. The van der Waals surface area contributed by atoms with Gasteiger partial charge in [0.05, 0.1) is 6.42 Å². The van der Waals surface area contributed by atoms with Crippen molar-refractivity contribution in [2.75, 3.05) is 0 Å². The minimum Gasteiger partial charge on any atom is -0.393 e. The summed E-state index contributed by atoms with van der Waals surface area (Å²) in [7, 11) is 0. The van der Waals surface area contributed by atoms with E-state index in [0.717, 1.165) is 25.7 Å². The van der Waals surface area contributed by atoms with Gasteiger partial charge in [0.15, 0.2) is 0 Å². The van der Waals surface area contributed by atoms with Gasteiger partial charge in [-0.15, -0.1) is 0 Å². The molecule has 13 heavy (non-hydrogen) atoms. The molecule has 0 amide bonds. The first-order chi connectivity index (χ1) is 6.29. The molecule has 0 aromatic carbocycles. The van der Waals surface area contributed by atoms with Crippen molar-refractivity contribution < 1.29 is 14.3 Å². The van der Waals surface area contributed by atoms with Crippen molar-refractivity contribution in [1.29, 1.82) is 0 Å². The van der Waals surface area contributed by atoms with Crippen LogP contribution >= 0.6 is 0 Å². The van der Waals surface area contributed by atoms with Crippen LogP contribution in [-0.2, 0) is 14.3 Å². The molecule has 0 spiro atoms. The van der Waals surface area contributed by atoms with Gasteiger partial charge in [-0.1, -0.05) is 18.6 Å². The fourth-order valence-electron chi connectivity index (χ4n) is 1.23. The first-order valence-corrected chi connectivity index (χ1v) is 4.67. The topological polar surface area (TPSA) is 43.4 Å². The van der Waals surface area contributed by atoms with Crippen molar-refractivity contribution >= 4 is 11.9 Å². The van der Waals surface area contributed by atoms with E-state index in [1.807, 2.05) is 6.08 Å². The maximum absolute atomic E-state index is 11.0. The molecule has 0 radical (unpaired) electrons. The summed E-state index contributed by atoms with van der Waals surface area (Å²) in [5, 5.41) is 0. The van der Waals surface area contributed by atoms with Gasteiger partial charge in [-0.25, -0.2) is 0 Å². The zero-order valence-electron chi connectivity index (χ0n) is 7.62. The van der Waals surface area contributed by atoms with E-state index in [2.05, 4.69) is 4.74 Å². The van der Waals surface area contributed by atoms with E-state index in [1.165, 1.54) is 0 Å². The minimum absolute atomic E-state index is 0.214. The molecule has 0 fully saturated rings. The summed E-state index contributed by atoms with van der Waals surface area (Å²) in [5.41, 5.74) is 0. The fourth-order valence-corrected chi connectivity index (χ4v) is 1.23. The molecule has 3 nitrogen and oxygen atoms in total. The van der Waals surface area contributed by atoms with Crippen LogP contribution in [0.25, 0.3) is 0 Å². The number of cyclic esters (lactones) is 2. The predicted octanol–water partition coefficient (Wildman–Crippen LogP) is 1.97. The molecule has 0 saturated heterocycles. The van der Waals surface area contributed by atoms with Crippen LogP contribution in [0.15, 0.2) is 12.2 Å². The molecule has 0 unspecified atom stereocenters. The first-order valence-electron chi connectivity index (χ1n) is 4.67. The van der Waals surface area contributed by atoms with E-state index >= 15 is 0 Å². The average molecular weight is 182 g/mol. The first kappa shape index (κ1) is 9.96. The molecule has 0 aromatic rings. The number of carbonyl (C=O) groups excluding carboxylic acids is 2. The van der Waals surface area contributed by atoms with Crippen LogP contribution in [0, 0.1) is 0 Å². The van der Waals surface area contributed by atoms with E-state index < -0.39 is 5.97 Å². The smallest absolute Gasteiger partial charge is 0.317 e. The van der Waals surface area contributed by atoms with E-state index in [9.17, 15) is 9.59 Å². The molecule has 1 heterocycles. The summed E-state index contributed by atoms with van der Waals surface area (Å²) in [6, 6.07) is 0.